The lowest BCUT2D eigenvalue weighted by Gasteiger charge is -2.24. The zero-order chi connectivity index (χ0) is 24.0. The molecule has 0 saturated carbocycles. The van der Waals surface area contributed by atoms with Crippen molar-refractivity contribution in [1.82, 2.24) is 0 Å². The van der Waals surface area contributed by atoms with Crippen molar-refractivity contribution in [3.63, 3.8) is 0 Å². The van der Waals surface area contributed by atoms with E-state index in [-0.39, 0.29) is 16.5 Å². The molecule has 5 nitrogen and oxygen atoms in total. The Kier molecular flexibility index (Phi) is 5.62. The van der Waals surface area contributed by atoms with E-state index in [0.717, 1.165) is 34.1 Å². The van der Waals surface area contributed by atoms with Gasteiger partial charge < -0.3 is 4.90 Å². The second kappa shape index (κ2) is 7.80. The van der Waals surface area contributed by atoms with Crippen molar-refractivity contribution in [2.75, 3.05) is 9.80 Å². The van der Waals surface area contributed by atoms with Gasteiger partial charge in [0.1, 0.15) is 6.04 Å². The van der Waals surface area contributed by atoms with E-state index in [1.807, 2.05) is 0 Å². The Morgan fingerprint density at radius 3 is 1.75 bits per heavy atom. The predicted molar refractivity (Wildman–Crippen MR) is 104 cm³/mol. The molecule has 1 saturated heterocycles. The highest BCUT2D eigenvalue weighted by atomic mass is 32.1. The molecular weight excluding hydrogens is 458 g/mol. The van der Waals surface area contributed by atoms with Crippen molar-refractivity contribution >= 4 is 34.6 Å². The molecule has 12 heteroatoms. The van der Waals surface area contributed by atoms with Crippen molar-refractivity contribution in [2.24, 2.45) is 0 Å². The predicted octanol–water partition coefficient (Wildman–Crippen LogP) is 4.99. The molecule has 1 aliphatic heterocycles. The van der Waals surface area contributed by atoms with Gasteiger partial charge in [0.05, 0.1) is 40.1 Å². The number of thiocarbonyl (C=S) groups is 1. The van der Waals surface area contributed by atoms with Crippen molar-refractivity contribution in [1.29, 1.82) is 10.5 Å². The van der Waals surface area contributed by atoms with Gasteiger partial charge in [-0.05, 0) is 55.5 Å². The van der Waals surface area contributed by atoms with Gasteiger partial charge in [-0.15, -0.1) is 0 Å². The first-order valence-corrected chi connectivity index (χ1v) is 9.12. The topological polar surface area (TPSA) is 71.1 Å². The third-order valence-corrected chi connectivity index (χ3v) is 5.14. The molecule has 0 spiro atoms. The molecule has 0 radical (unpaired) electrons. The highest BCUT2D eigenvalue weighted by Gasteiger charge is 2.44. The fourth-order valence-electron chi connectivity index (χ4n) is 3.25. The molecule has 1 unspecified atom stereocenters. The maximum atomic E-state index is 13.3. The van der Waals surface area contributed by atoms with Gasteiger partial charge >= 0.3 is 12.4 Å². The first-order chi connectivity index (χ1) is 14.8. The Morgan fingerprint density at radius 1 is 0.875 bits per heavy atom. The molecule has 0 bridgehead atoms. The van der Waals surface area contributed by atoms with Gasteiger partial charge in [0.25, 0.3) is 5.91 Å². The minimum atomic E-state index is -4.88. The minimum absolute atomic E-state index is 0.158. The van der Waals surface area contributed by atoms with E-state index in [1.54, 1.807) is 0 Å². The number of rotatable bonds is 2. The van der Waals surface area contributed by atoms with Crippen LogP contribution in [0.1, 0.15) is 29.2 Å². The first-order valence-electron chi connectivity index (χ1n) is 8.71. The molecule has 2 aromatic rings. The van der Waals surface area contributed by atoms with Gasteiger partial charge in [0, 0.05) is 5.69 Å². The van der Waals surface area contributed by atoms with E-state index in [4.69, 9.17) is 22.7 Å². The van der Waals surface area contributed by atoms with Crippen LogP contribution in [0.4, 0.5) is 37.7 Å². The van der Waals surface area contributed by atoms with Crippen LogP contribution in [0.25, 0.3) is 0 Å². The zero-order valence-corrected chi connectivity index (χ0v) is 16.7. The normalized spacial score (nSPS) is 16.8. The Bertz CT molecular complexity index is 1210. The number of halogens is 6. The fraction of sp³-hybridized carbons (Fsp3) is 0.200. The van der Waals surface area contributed by atoms with Crippen LogP contribution < -0.4 is 9.80 Å². The van der Waals surface area contributed by atoms with Crippen molar-refractivity contribution in [2.45, 2.75) is 25.3 Å². The lowest BCUT2D eigenvalue weighted by Crippen LogP contribution is -2.34. The average Bonchev–Trinajstić information content (AvgIpc) is 2.94. The summed E-state index contributed by atoms with van der Waals surface area (Å²) in [5, 5.41) is 17.5. The Labute approximate surface area is 182 Å². The molecule has 3 rings (SSSR count). The third-order valence-electron chi connectivity index (χ3n) is 4.76. The molecule has 0 aromatic heterocycles. The maximum Gasteiger partial charge on any atom is 0.417 e. The second-order valence-electron chi connectivity index (χ2n) is 6.68. The molecular formula is C20H10F6N4OS. The van der Waals surface area contributed by atoms with Crippen molar-refractivity contribution < 1.29 is 31.1 Å². The number of benzene rings is 2. The Balaban J connectivity index is 2.10. The third kappa shape index (κ3) is 3.85. The molecule has 32 heavy (non-hydrogen) atoms. The summed E-state index contributed by atoms with van der Waals surface area (Å²) < 4.78 is 79.9. The SMILES string of the molecule is CC1C(=O)N(c2ccc(C#N)c(C(F)(F)F)c2)C(=S)N1c1ccc(C#N)c(C(F)(F)F)c1. The fourth-order valence-corrected chi connectivity index (χ4v) is 3.71. The Hall–Kier alpha value is -3.64. The minimum Gasteiger partial charge on any atom is -0.306 e. The van der Waals surface area contributed by atoms with Crippen LogP contribution in [0.5, 0.6) is 0 Å². The molecule has 1 amide bonds. The van der Waals surface area contributed by atoms with Crippen LogP contribution in [-0.2, 0) is 17.1 Å². The second-order valence-corrected chi connectivity index (χ2v) is 7.05. The summed E-state index contributed by atoms with van der Waals surface area (Å²) >= 11 is 5.21. The quantitative estimate of drug-likeness (QED) is 0.459. The summed E-state index contributed by atoms with van der Waals surface area (Å²) in [6.07, 6.45) is -9.74. The standard InChI is InChI=1S/C20H10F6N4OS/c1-10-17(31)30(14-5-3-12(9-28)16(7-14)20(24,25)26)18(32)29(10)13-4-2-11(8-27)15(6-13)19(21,22)23/h2-7,10H,1H3. The maximum absolute atomic E-state index is 13.3. The number of amides is 1. The van der Waals surface area contributed by atoms with E-state index in [2.05, 4.69) is 0 Å². The van der Waals surface area contributed by atoms with E-state index in [0.29, 0.717) is 12.1 Å². The monoisotopic (exact) mass is 468 g/mol. The summed E-state index contributed by atoms with van der Waals surface area (Å²) in [4.78, 5) is 14.6. The number of hydrogen-bond donors (Lipinski definition) is 0. The van der Waals surface area contributed by atoms with Crippen molar-refractivity contribution in [3.8, 4) is 12.1 Å². The number of anilines is 2. The van der Waals surface area contributed by atoms with Gasteiger partial charge in [-0.3, -0.25) is 9.69 Å². The van der Waals surface area contributed by atoms with Crippen LogP contribution in [0.3, 0.4) is 0 Å². The summed E-state index contributed by atoms with van der Waals surface area (Å²) in [6.45, 7) is 1.33. The highest BCUT2D eigenvalue weighted by molar-refractivity contribution is 7.81. The Morgan fingerprint density at radius 2 is 1.31 bits per heavy atom. The molecule has 0 N–H and O–H groups in total. The van der Waals surface area contributed by atoms with Crippen LogP contribution in [0, 0.1) is 22.7 Å². The van der Waals surface area contributed by atoms with Gasteiger partial charge in [0.2, 0.25) is 0 Å². The van der Waals surface area contributed by atoms with Gasteiger partial charge in [-0.25, -0.2) is 0 Å². The number of carbonyl (C=O) groups excluding carboxylic acids is 1. The van der Waals surface area contributed by atoms with Crippen LogP contribution in [-0.4, -0.2) is 17.1 Å². The highest BCUT2D eigenvalue weighted by Crippen LogP contribution is 2.39. The van der Waals surface area contributed by atoms with Crippen LogP contribution >= 0.6 is 12.2 Å². The van der Waals surface area contributed by atoms with Crippen LogP contribution in [0.15, 0.2) is 36.4 Å². The molecule has 1 aliphatic rings. The van der Waals surface area contributed by atoms with Gasteiger partial charge in [-0.1, -0.05) is 0 Å². The van der Waals surface area contributed by atoms with E-state index in [1.165, 1.54) is 19.1 Å². The summed E-state index contributed by atoms with van der Waals surface area (Å²) in [6, 6.07) is 7.00. The smallest absolute Gasteiger partial charge is 0.306 e. The molecule has 1 fully saturated rings. The van der Waals surface area contributed by atoms with Crippen molar-refractivity contribution in [3.05, 3.63) is 58.7 Å². The summed E-state index contributed by atoms with van der Waals surface area (Å²) in [5.74, 6) is -0.772. The van der Waals surface area contributed by atoms with Gasteiger partial charge in [0.15, 0.2) is 5.11 Å². The van der Waals surface area contributed by atoms with E-state index < -0.39 is 46.6 Å². The molecule has 1 heterocycles. The molecule has 1 atom stereocenters. The number of carbonyl (C=O) groups is 1. The number of nitriles is 2. The lowest BCUT2D eigenvalue weighted by atomic mass is 10.1. The number of hydrogen-bond acceptors (Lipinski definition) is 4. The lowest BCUT2D eigenvalue weighted by molar-refractivity contribution is -0.138. The van der Waals surface area contributed by atoms with Crippen LogP contribution in [0.2, 0.25) is 0 Å². The molecule has 2 aromatic carbocycles. The summed E-state index contributed by atoms with van der Waals surface area (Å²) in [5.41, 5.74) is -4.26. The van der Waals surface area contributed by atoms with E-state index in [9.17, 15) is 31.1 Å². The summed E-state index contributed by atoms with van der Waals surface area (Å²) in [7, 11) is 0. The average molecular weight is 468 g/mol. The molecule has 0 aliphatic carbocycles. The number of alkyl halides is 6. The van der Waals surface area contributed by atoms with E-state index >= 15 is 0 Å². The zero-order valence-electron chi connectivity index (χ0n) is 15.9. The largest absolute Gasteiger partial charge is 0.417 e. The number of nitrogens with zero attached hydrogens (tertiary/aromatic N) is 4. The molecule has 164 valence electrons. The van der Waals surface area contributed by atoms with Gasteiger partial charge in [-0.2, -0.15) is 36.9 Å². The first kappa shape index (κ1) is 23.0.